The van der Waals surface area contributed by atoms with Crippen molar-refractivity contribution in [3.8, 4) is 11.5 Å². The van der Waals surface area contributed by atoms with Gasteiger partial charge in [0.1, 0.15) is 0 Å². The summed E-state index contributed by atoms with van der Waals surface area (Å²) in [6.45, 7) is 3.72. The molecule has 1 unspecified atom stereocenters. The van der Waals surface area contributed by atoms with Gasteiger partial charge in [0, 0.05) is 11.1 Å². The molecule has 1 atom stereocenters. The van der Waals surface area contributed by atoms with Gasteiger partial charge >= 0.3 is 0 Å². The molecule has 23 heavy (non-hydrogen) atoms. The fourth-order valence-corrected chi connectivity index (χ4v) is 2.28. The van der Waals surface area contributed by atoms with Gasteiger partial charge in [-0.15, -0.1) is 0 Å². The number of hydrogen-bond acceptors (Lipinski definition) is 4. The third-order valence-corrected chi connectivity index (χ3v) is 3.57. The van der Waals surface area contributed by atoms with Crippen LogP contribution in [0.4, 0.5) is 0 Å². The summed E-state index contributed by atoms with van der Waals surface area (Å²) < 4.78 is 5.11. The molecule has 116 valence electrons. The normalized spacial score (nSPS) is 11.9. The largest absolute Gasteiger partial charge is 0.346 e. The second kappa shape index (κ2) is 6.44. The van der Waals surface area contributed by atoms with Crippen molar-refractivity contribution in [1.82, 2.24) is 15.5 Å². The average Bonchev–Trinajstić information content (AvgIpc) is 3.02. The average molecular weight is 307 g/mol. The molecule has 0 saturated heterocycles. The van der Waals surface area contributed by atoms with Gasteiger partial charge in [-0.2, -0.15) is 4.98 Å². The van der Waals surface area contributed by atoms with Crippen LogP contribution in [0.25, 0.3) is 11.5 Å². The van der Waals surface area contributed by atoms with E-state index in [1.54, 1.807) is 31.2 Å². The quantitative estimate of drug-likeness (QED) is 0.800. The Morgan fingerprint density at radius 2 is 1.78 bits per heavy atom. The highest BCUT2D eigenvalue weighted by atomic mass is 16.5. The summed E-state index contributed by atoms with van der Waals surface area (Å²) in [5.41, 5.74) is 2.45. The Morgan fingerprint density at radius 1 is 1.09 bits per heavy atom. The van der Waals surface area contributed by atoms with Gasteiger partial charge in [-0.05, 0) is 43.7 Å². The number of carbonyl (C=O) groups excluding carboxylic acids is 1. The first-order valence-corrected chi connectivity index (χ1v) is 7.40. The Bertz CT molecular complexity index is 795. The van der Waals surface area contributed by atoms with E-state index >= 15 is 0 Å². The molecular formula is C18H17N3O2. The predicted molar refractivity (Wildman–Crippen MR) is 86.8 cm³/mol. The molecule has 0 fully saturated rings. The lowest BCUT2D eigenvalue weighted by atomic mass is 10.1. The van der Waals surface area contributed by atoms with Crippen LogP contribution in [0.3, 0.4) is 0 Å². The molecule has 0 radical (unpaired) electrons. The fraction of sp³-hybridized carbons (Fsp3) is 0.167. The minimum atomic E-state index is -0.116. The van der Waals surface area contributed by atoms with Crippen LogP contribution in [-0.2, 0) is 0 Å². The number of nitrogens with zero attached hydrogens (tertiary/aromatic N) is 2. The van der Waals surface area contributed by atoms with Gasteiger partial charge in [-0.25, -0.2) is 0 Å². The second-order valence-electron chi connectivity index (χ2n) is 5.33. The molecule has 0 aliphatic rings. The first-order valence-electron chi connectivity index (χ1n) is 7.40. The van der Waals surface area contributed by atoms with Crippen LogP contribution in [0, 0.1) is 6.92 Å². The van der Waals surface area contributed by atoms with Crippen LogP contribution < -0.4 is 5.32 Å². The standard InChI is InChI=1S/C18H17N3O2/c1-12(14-6-4-3-5-7-14)19-17(22)15-8-10-16(11-9-15)18-20-13(2)21-23-18/h3-12H,1-2H3,(H,19,22). The number of aryl methyl sites for hydroxylation is 1. The number of nitrogens with one attached hydrogen (secondary N) is 1. The number of benzene rings is 2. The summed E-state index contributed by atoms with van der Waals surface area (Å²) in [6, 6.07) is 16.9. The van der Waals surface area contributed by atoms with Crippen LogP contribution in [0.2, 0.25) is 0 Å². The Hall–Kier alpha value is -2.95. The van der Waals surface area contributed by atoms with E-state index in [1.807, 2.05) is 37.3 Å². The number of amides is 1. The summed E-state index contributed by atoms with van der Waals surface area (Å²) in [5, 5.41) is 6.74. The van der Waals surface area contributed by atoms with Crippen molar-refractivity contribution in [2.24, 2.45) is 0 Å². The van der Waals surface area contributed by atoms with E-state index in [1.165, 1.54) is 0 Å². The molecule has 1 heterocycles. The lowest BCUT2D eigenvalue weighted by molar-refractivity contribution is 0.0940. The Labute approximate surface area is 134 Å². The lowest BCUT2D eigenvalue weighted by Gasteiger charge is -2.14. The summed E-state index contributed by atoms with van der Waals surface area (Å²) in [7, 11) is 0. The van der Waals surface area contributed by atoms with Crippen molar-refractivity contribution in [3.63, 3.8) is 0 Å². The highest BCUT2D eigenvalue weighted by Crippen LogP contribution is 2.18. The van der Waals surface area contributed by atoms with E-state index in [9.17, 15) is 4.79 Å². The molecule has 3 aromatic rings. The number of carbonyl (C=O) groups is 1. The molecule has 5 nitrogen and oxygen atoms in total. The van der Waals surface area contributed by atoms with E-state index in [0.717, 1.165) is 11.1 Å². The van der Waals surface area contributed by atoms with E-state index in [4.69, 9.17) is 4.52 Å². The zero-order chi connectivity index (χ0) is 16.2. The maximum Gasteiger partial charge on any atom is 0.257 e. The monoisotopic (exact) mass is 307 g/mol. The molecule has 0 bridgehead atoms. The highest BCUT2D eigenvalue weighted by Gasteiger charge is 2.12. The van der Waals surface area contributed by atoms with Crippen molar-refractivity contribution in [3.05, 3.63) is 71.5 Å². The van der Waals surface area contributed by atoms with Crippen molar-refractivity contribution < 1.29 is 9.32 Å². The van der Waals surface area contributed by atoms with Crippen molar-refractivity contribution in [2.75, 3.05) is 0 Å². The van der Waals surface area contributed by atoms with E-state index in [0.29, 0.717) is 17.3 Å². The van der Waals surface area contributed by atoms with Gasteiger partial charge in [-0.3, -0.25) is 4.79 Å². The summed E-state index contributed by atoms with van der Waals surface area (Å²) in [4.78, 5) is 16.5. The smallest absolute Gasteiger partial charge is 0.257 e. The van der Waals surface area contributed by atoms with Gasteiger partial charge in [0.25, 0.3) is 11.8 Å². The van der Waals surface area contributed by atoms with Gasteiger partial charge in [-0.1, -0.05) is 35.5 Å². The predicted octanol–water partition coefficient (Wildman–Crippen LogP) is 3.54. The lowest BCUT2D eigenvalue weighted by Crippen LogP contribution is -2.26. The maximum atomic E-state index is 12.3. The molecule has 0 aliphatic heterocycles. The molecule has 5 heteroatoms. The van der Waals surface area contributed by atoms with Gasteiger partial charge in [0.05, 0.1) is 6.04 Å². The zero-order valence-electron chi connectivity index (χ0n) is 13.0. The summed E-state index contributed by atoms with van der Waals surface area (Å²) in [6.07, 6.45) is 0. The third-order valence-electron chi connectivity index (χ3n) is 3.57. The van der Waals surface area contributed by atoms with Gasteiger partial charge < -0.3 is 9.84 Å². The minimum Gasteiger partial charge on any atom is -0.346 e. The molecular weight excluding hydrogens is 290 g/mol. The Balaban J connectivity index is 1.70. The summed E-state index contributed by atoms with van der Waals surface area (Å²) >= 11 is 0. The van der Waals surface area contributed by atoms with Crippen LogP contribution >= 0.6 is 0 Å². The van der Waals surface area contributed by atoms with Gasteiger partial charge in [0.2, 0.25) is 0 Å². The third kappa shape index (κ3) is 3.45. The Morgan fingerprint density at radius 3 is 2.39 bits per heavy atom. The minimum absolute atomic E-state index is 0.0537. The molecule has 1 N–H and O–H groups in total. The van der Waals surface area contributed by atoms with E-state index in [-0.39, 0.29) is 11.9 Å². The van der Waals surface area contributed by atoms with Crippen LogP contribution in [0.1, 0.15) is 34.7 Å². The fourth-order valence-electron chi connectivity index (χ4n) is 2.28. The first kappa shape index (κ1) is 15.0. The summed E-state index contributed by atoms with van der Waals surface area (Å²) in [5.74, 6) is 0.917. The zero-order valence-corrected chi connectivity index (χ0v) is 13.0. The number of rotatable bonds is 4. The van der Waals surface area contributed by atoms with Crippen molar-refractivity contribution in [2.45, 2.75) is 19.9 Å². The maximum absolute atomic E-state index is 12.3. The van der Waals surface area contributed by atoms with E-state index < -0.39 is 0 Å². The molecule has 3 rings (SSSR count). The van der Waals surface area contributed by atoms with E-state index in [2.05, 4.69) is 15.5 Å². The van der Waals surface area contributed by atoms with Crippen molar-refractivity contribution >= 4 is 5.91 Å². The Kier molecular flexibility index (Phi) is 4.19. The molecule has 1 aromatic heterocycles. The van der Waals surface area contributed by atoms with Crippen molar-refractivity contribution in [1.29, 1.82) is 0 Å². The molecule has 2 aromatic carbocycles. The number of hydrogen-bond donors (Lipinski definition) is 1. The molecule has 1 amide bonds. The SMILES string of the molecule is Cc1noc(-c2ccc(C(=O)NC(C)c3ccccc3)cc2)n1. The topological polar surface area (TPSA) is 68.0 Å². The van der Waals surface area contributed by atoms with Crippen LogP contribution in [0.5, 0.6) is 0 Å². The molecule has 0 spiro atoms. The molecule has 0 aliphatic carbocycles. The number of aromatic nitrogens is 2. The van der Waals surface area contributed by atoms with Crippen LogP contribution in [-0.4, -0.2) is 16.0 Å². The van der Waals surface area contributed by atoms with Crippen LogP contribution in [0.15, 0.2) is 59.1 Å². The van der Waals surface area contributed by atoms with Gasteiger partial charge in [0.15, 0.2) is 5.82 Å². The molecule has 0 saturated carbocycles. The first-order chi connectivity index (χ1) is 11.1. The highest BCUT2D eigenvalue weighted by molar-refractivity contribution is 5.94. The second-order valence-corrected chi connectivity index (χ2v) is 5.33.